The second kappa shape index (κ2) is 4.79. The zero-order chi connectivity index (χ0) is 10.6. The maximum atomic E-state index is 3.94. The van der Waals surface area contributed by atoms with Gasteiger partial charge in [-0.05, 0) is 12.5 Å². The minimum Gasteiger partial charge on any atom is -0.0675 e. The molecule has 0 spiro atoms. The van der Waals surface area contributed by atoms with Gasteiger partial charge in [0, 0.05) is 0 Å². The van der Waals surface area contributed by atoms with Crippen LogP contribution in [0.3, 0.4) is 0 Å². The molecule has 0 aliphatic carbocycles. The van der Waals surface area contributed by atoms with E-state index in [1.807, 2.05) is 0 Å². The second-order valence-electron chi connectivity index (χ2n) is 4.04. The Hall–Kier alpha value is -0.563. The highest BCUT2D eigenvalue weighted by molar-refractivity contribution is 6.91. The lowest BCUT2D eigenvalue weighted by Gasteiger charge is -2.28. The minimum absolute atomic E-state index is 1.12. The van der Waals surface area contributed by atoms with Crippen LogP contribution < -0.4 is 5.19 Å². The van der Waals surface area contributed by atoms with Crippen molar-refractivity contribution in [1.29, 1.82) is 0 Å². The predicted octanol–water partition coefficient (Wildman–Crippen LogP) is 3.58. The third kappa shape index (κ3) is 2.09. The summed E-state index contributed by atoms with van der Waals surface area (Å²) in [7, 11) is -1.14. The Bertz CT molecular complexity index is 262. The van der Waals surface area contributed by atoms with Crippen LogP contribution in [0, 0.1) is 6.92 Å². The molecule has 0 nitrogen and oxygen atoms in total. The highest BCUT2D eigenvalue weighted by Gasteiger charge is 2.28. The van der Waals surface area contributed by atoms with Gasteiger partial charge in [0.25, 0.3) is 0 Å². The lowest BCUT2D eigenvalue weighted by Crippen LogP contribution is -2.45. The summed E-state index contributed by atoms with van der Waals surface area (Å²) in [6.45, 7) is 11.0. The Balaban J connectivity index is 3.05. The molecule has 1 aromatic carbocycles. The highest BCUT2D eigenvalue weighted by atomic mass is 28.3. The Kier molecular flexibility index (Phi) is 3.94. The average Bonchev–Trinajstić information content (AvgIpc) is 2.24. The largest absolute Gasteiger partial charge is 0.0859 e. The summed E-state index contributed by atoms with van der Waals surface area (Å²) in [6.07, 6.45) is 0. The fourth-order valence-electron chi connectivity index (χ4n) is 2.22. The fraction of sp³-hybridized carbons (Fsp3) is 0.462. The molecule has 0 atom stereocenters. The van der Waals surface area contributed by atoms with E-state index in [-0.39, 0.29) is 0 Å². The van der Waals surface area contributed by atoms with Crippen molar-refractivity contribution < 1.29 is 0 Å². The van der Waals surface area contributed by atoms with Crippen molar-refractivity contribution >= 4 is 13.3 Å². The molecule has 0 heterocycles. The molecule has 0 aliphatic rings. The standard InChI is InChI=1S/C13H21Si/c1-5-14(6-2,7-3)13-10-8-12(4)9-11-13/h8-11H,4-7H2,1-3H3. The van der Waals surface area contributed by atoms with Crippen molar-refractivity contribution in [2.45, 2.75) is 38.9 Å². The van der Waals surface area contributed by atoms with Crippen LogP contribution >= 0.6 is 0 Å². The Morgan fingerprint density at radius 1 is 0.929 bits per heavy atom. The first kappa shape index (κ1) is 11.5. The highest BCUT2D eigenvalue weighted by Crippen LogP contribution is 2.20. The molecular formula is C13H21Si. The van der Waals surface area contributed by atoms with Gasteiger partial charge >= 0.3 is 0 Å². The molecule has 1 aromatic rings. The van der Waals surface area contributed by atoms with Crippen molar-refractivity contribution in [3.8, 4) is 0 Å². The maximum Gasteiger partial charge on any atom is 0.0859 e. The molecule has 77 valence electrons. The first-order chi connectivity index (χ1) is 6.68. The fourth-order valence-corrected chi connectivity index (χ4v) is 5.82. The molecule has 0 fully saturated rings. The van der Waals surface area contributed by atoms with E-state index in [2.05, 4.69) is 52.0 Å². The van der Waals surface area contributed by atoms with Gasteiger partial charge in [0.15, 0.2) is 0 Å². The topological polar surface area (TPSA) is 0 Å². The predicted molar refractivity (Wildman–Crippen MR) is 67.7 cm³/mol. The van der Waals surface area contributed by atoms with Gasteiger partial charge in [0.2, 0.25) is 0 Å². The van der Waals surface area contributed by atoms with Crippen LogP contribution in [-0.4, -0.2) is 8.07 Å². The van der Waals surface area contributed by atoms with Crippen molar-refractivity contribution in [1.82, 2.24) is 0 Å². The average molecular weight is 205 g/mol. The molecule has 0 saturated carbocycles. The van der Waals surface area contributed by atoms with Crippen molar-refractivity contribution in [2.75, 3.05) is 0 Å². The van der Waals surface area contributed by atoms with E-state index in [9.17, 15) is 0 Å². The van der Waals surface area contributed by atoms with Crippen molar-refractivity contribution in [3.05, 3.63) is 36.8 Å². The van der Waals surface area contributed by atoms with Crippen LogP contribution in [0.15, 0.2) is 24.3 Å². The van der Waals surface area contributed by atoms with Gasteiger partial charge in [-0.1, -0.05) is 68.4 Å². The monoisotopic (exact) mass is 205 g/mol. The molecule has 0 unspecified atom stereocenters. The lowest BCUT2D eigenvalue weighted by atomic mass is 10.2. The normalized spacial score (nSPS) is 11.7. The zero-order valence-corrected chi connectivity index (χ0v) is 10.6. The zero-order valence-electron chi connectivity index (χ0n) is 9.64. The first-order valence-electron chi connectivity index (χ1n) is 5.61. The van der Waals surface area contributed by atoms with Crippen LogP contribution in [-0.2, 0) is 0 Å². The molecule has 0 aromatic heterocycles. The number of benzene rings is 1. The van der Waals surface area contributed by atoms with Crippen LogP contribution in [0.25, 0.3) is 0 Å². The van der Waals surface area contributed by atoms with E-state index in [0.29, 0.717) is 0 Å². The molecular weight excluding hydrogens is 184 g/mol. The van der Waals surface area contributed by atoms with Gasteiger partial charge in [-0.25, -0.2) is 0 Å². The molecule has 0 saturated heterocycles. The second-order valence-corrected chi connectivity index (χ2v) is 9.30. The van der Waals surface area contributed by atoms with E-state index < -0.39 is 8.07 Å². The molecule has 1 radical (unpaired) electrons. The van der Waals surface area contributed by atoms with E-state index in [0.717, 1.165) is 5.56 Å². The number of hydrogen-bond donors (Lipinski definition) is 0. The summed E-state index contributed by atoms with van der Waals surface area (Å²) in [4.78, 5) is 0. The summed E-state index contributed by atoms with van der Waals surface area (Å²) >= 11 is 0. The molecule has 1 rings (SSSR count). The molecule has 1 heteroatoms. The van der Waals surface area contributed by atoms with Crippen LogP contribution in [0.4, 0.5) is 0 Å². The van der Waals surface area contributed by atoms with E-state index >= 15 is 0 Å². The summed E-state index contributed by atoms with van der Waals surface area (Å²) in [5.41, 5.74) is 1.12. The Labute approximate surface area is 89.4 Å². The van der Waals surface area contributed by atoms with E-state index in [4.69, 9.17) is 0 Å². The van der Waals surface area contributed by atoms with Gasteiger partial charge in [0.1, 0.15) is 0 Å². The van der Waals surface area contributed by atoms with Crippen molar-refractivity contribution in [2.24, 2.45) is 0 Å². The quantitative estimate of drug-likeness (QED) is 0.659. The SMILES string of the molecule is [CH2]c1ccc([Si](CC)(CC)CC)cc1. The Morgan fingerprint density at radius 3 is 1.71 bits per heavy atom. The lowest BCUT2D eigenvalue weighted by molar-refractivity contribution is 1.19. The number of rotatable bonds is 4. The van der Waals surface area contributed by atoms with Crippen molar-refractivity contribution in [3.63, 3.8) is 0 Å². The molecule has 0 aliphatic heterocycles. The van der Waals surface area contributed by atoms with Gasteiger partial charge in [-0.2, -0.15) is 0 Å². The first-order valence-corrected chi connectivity index (χ1v) is 8.23. The van der Waals surface area contributed by atoms with Crippen LogP contribution in [0.5, 0.6) is 0 Å². The van der Waals surface area contributed by atoms with E-state index in [1.165, 1.54) is 18.1 Å². The maximum absolute atomic E-state index is 3.94. The van der Waals surface area contributed by atoms with Gasteiger partial charge < -0.3 is 0 Å². The van der Waals surface area contributed by atoms with Crippen LogP contribution in [0.2, 0.25) is 18.1 Å². The summed E-state index contributed by atoms with van der Waals surface area (Å²) in [5, 5.41) is 1.61. The molecule has 0 amide bonds. The Morgan fingerprint density at radius 2 is 1.36 bits per heavy atom. The van der Waals surface area contributed by atoms with E-state index in [1.54, 1.807) is 5.19 Å². The summed E-state index contributed by atoms with van der Waals surface area (Å²) < 4.78 is 0. The third-order valence-electron chi connectivity index (χ3n) is 3.60. The molecule has 0 N–H and O–H groups in total. The summed E-state index contributed by atoms with van der Waals surface area (Å²) in [6, 6.07) is 13.0. The van der Waals surface area contributed by atoms with Crippen LogP contribution in [0.1, 0.15) is 26.3 Å². The smallest absolute Gasteiger partial charge is 0.0675 e. The van der Waals surface area contributed by atoms with Gasteiger partial charge in [0.05, 0.1) is 8.07 Å². The van der Waals surface area contributed by atoms with Gasteiger partial charge in [-0.15, -0.1) is 0 Å². The van der Waals surface area contributed by atoms with Gasteiger partial charge in [-0.3, -0.25) is 0 Å². The molecule has 14 heavy (non-hydrogen) atoms. The number of hydrogen-bond acceptors (Lipinski definition) is 0. The minimum atomic E-state index is -1.14. The molecule has 0 bridgehead atoms. The third-order valence-corrected chi connectivity index (χ3v) is 9.22. The summed E-state index contributed by atoms with van der Waals surface area (Å²) in [5.74, 6) is 0.